The van der Waals surface area contributed by atoms with Gasteiger partial charge in [0, 0.05) is 17.9 Å². The Kier molecular flexibility index (Phi) is 3.79. The van der Waals surface area contributed by atoms with Crippen molar-refractivity contribution < 1.29 is 4.74 Å². The van der Waals surface area contributed by atoms with Gasteiger partial charge in [0.05, 0.1) is 6.10 Å². The lowest BCUT2D eigenvalue weighted by atomic mass is 9.77. The third-order valence-corrected chi connectivity index (χ3v) is 4.68. The summed E-state index contributed by atoms with van der Waals surface area (Å²) < 4.78 is 5.72. The second-order valence-corrected chi connectivity index (χ2v) is 5.63. The zero-order chi connectivity index (χ0) is 12.5. The maximum absolute atomic E-state index is 6.22. The summed E-state index contributed by atoms with van der Waals surface area (Å²) in [6.07, 6.45) is 2.37. The Bertz CT molecular complexity index is 402. The molecule has 1 aliphatic rings. The summed E-state index contributed by atoms with van der Waals surface area (Å²) in [6, 6.07) is 6.66. The van der Waals surface area contributed by atoms with Crippen LogP contribution in [-0.2, 0) is 11.2 Å². The van der Waals surface area contributed by atoms with Gasteiger partial charge in [-0.2, -0.15) is 0 Å². The summed E-state index contributed by atoms with van der Waals surface area (Å²) in [6.45, 7) is 7.32. The zero-order valence-electron chi connectivity index (χ0n) is 10.9. The number of alkyl halides is 1. The minimum absolute atomic E-state index is 0.125. The molecular formula is C15H21ClO. The third-order valence-electron chi connectivity index (χ3n) is 4.14. The maximum atomic E-state index is 6.22. The van der Waals surface area contributed by atoms with Crippen molar-refractivity contribution in [3.8, 4) is 0 Å². The number of aryl methyl sites for hydroxylation is 2. The first-order valence-corrected chi connectivity index (χ1v) is 6.84. The number of ether oxygens (including phenoxy) is 1. The topological polar surface area (TPSA) is 9.23 Å². The number of hydrogen-bond donors (Lipinski definition) is 0. The molecule has 94 valence electrons. The van der Waals surface area contributed by atoms with Gasteiger partial charge in [0.2, 0.25) is 0 Å². The van der Waals surface area contributed by atoms with E-state index in [4.69, 9.17) is 16.3 Å². The molecule has 1 aliphatic heterocycles. The largest absolute Gasteiger partial charge is 0.378 e. The molecule has 2 atom stereocenters. The average Bonchev–Trinajstić information content (AvgIpc) is 2.66. The Morgan fingerprint density at radius 1 is 1.41 bits per heavy atom. The lowest BCUT2D eigenvalue weighted by Crippen LogP contribution is -2.33. The van der Waals surface area contributed by atoms with Crippen LogP contribution in [0.4, 0.5) is 0 Å². The number of hydrogen-bond acceptors (Lipinski definition) is 1. The summed E-state index contributed by atoms with van der Waals surface area (Å²) in [4.78, 5) is 0. The second-order valence-electron chi connectivity index (χ2n) is 5.37. The highest BCUT2D eigenvalue weighted by molar-refractivity contribution is 6.18. The molecule has 1 aromatic rings. The second kappa shape index (κ2) is 4.99. The standard InChI is InChI=1S/C15H21ClO/c1-11-4-5-12(2)14(8-11)9-15(10-16)6-7-17-13(15)3/h4-5,8,13H,6-7,9-10H2,1-3H3. The SMILES string of the molecule is Cc1ccc(C)c(CC2(CCl)CCOC2C)c1. The minimum atomic E-state index is 0.125. The van der Waals surface area contributed by atoms with Crippen LogP contribution in [0.5, 0.6) is 0 Å². The van der Waals surface area contributed by atoms with Crippen LogP contribution in [0.25, 0.3) is 0 Å². The molecule has 0 amide bonds. The van der Waals surface area contributed by atoms with Crippen LogP contribution < -0.4 is 0 Å². The zero-order valence-corrected chi connectivity index (χ0v) is 11.7. The van der Waals surface area contributed by atoms with Crippen LogP contribution in [0.2, 0.25) is 0 Å². The van der Waals surface area contributed by atoms with Crippen molar-refractivity contribution in [1.82, 2.24) is 0 Å². The van der Waals surface area contributed by atoms with E-state index in [1.54, 1.807) is 0 Å². The lowest BCUT2D eigenvalue weighted by molar-refractivity contribution is 0.0735. The van der Waals surface area contributed by atoms with E-state index in [0.717, 1.165) is 19.4 Å². The van der Waals surface area contributed by atoms with E-state index in [0.29, 0.717) is 5.88 Å². The van der Waals surface area contributed by atoms with Gasteiger partial charge in [-0.15, -0.1) is 11.6 Å². The number of rotatable bonds is 3. The Morgan fingerprint density at radius 2 is 2.18 bits per heavy atom. The van der Waals surface area contributed by atoms with Gasteiger partial charge >= 0.3 is 0 Å². The molecule has 1 nitrogen and oxygen atoms in total. The Balaban J connectivity index is 2.27. The summed E-state index contributed by atoms with van der Waals surface area (Å²) >= 11 is 6.22. The fourth-order valence-electron chi connectivity index (χ4n) is 2.64. The maximum Gasteiger partial charge on any atom is 0.0618 e. The molecule has 2 unspecified atom stereocenters. The first kappa shape index (κ1) is 12.9. The molecule has 1 fully saturated rings. The Morgan fingerprint density at radius 3 is 2.76 bits per heavy atom. The van der Waals surface area contributed by atoms with Gasteiger partial charge in [0.25, 0.3) is 0 Å². The van der Waals surface area contributed by atoms with Crippen molar-refractivity contribution >= 4 is 11.6 Å². The molecule has 0 bridgehead atoms. The quantitative estimate of drug-likeness (QED) is 0.742. The molecule has 17 heavy (non-hydrogen) atoms. The fraction of sp³-hybridized carbons (Fsp3) is 0.600. The van der Waals surface area contributed by atoms with E-state index in [1.807, 2.05) is 0 Å². The predicted octanol–water partition coefficient (Wildman–Crippen LogP) is 3.88. The van der Waals surface area contributed by atoms with Crippen molar-refractivity contribution in [2.24, 2.45) is 5.41 Å². The molecule has 0 spiro atoms. The predicted molar refractivity (Wildman–Crippen MR) is 72.8 cm³/mol. The molecule has 2 heteroatoms. The van der Waals surface area contributed by atoms with Gasteiger partial charge < -0.3 is 4.74 Å². The molecule has 0 saturated carbocycles. The lowest BCUT2D eigenvalue weighted by Gasteiger charge is -2.30. The van der Waals surface area contributed by atoms with Gasteiger partial charge in [-0.25, -0.2) is 0 Å². The third kappa shape index (κ3) is 2.51. The van der Waals surface area contributed by atoms with Crippen LogP contribution >= 0.6 is 11.6 Å². The number of benzene rings is 1. The van der Waals surface area contributed by atoms with Crippen LogP contribution in [0.1, 0.15) is 30.0 Å². The summed E-state index contributed by atoms with van der Waals surface area (Å²) in [5.41, 5.74) is 4.23. The molecule has 1 aromatic carbocycles. The molecule has 0 aromatic heterocycles. The van der Waals surface area contributed by atoms with E-state index in [1.165, 1.54) is 16.7 Å². The first-order valence-electron chi connectivity index (χ1n) is 6.31. The van der Waals surface area contributed by atoms with Crippen LogP contribution in [-0.4, -0.2) is 18.6 Å². The molecule has 0 radical (unpaired) electrons. The van der Waals surface area contributed by atoms with Crippen molar-refractivity contribution in [2.45, 2.75) is 39.7 Å². The summed E-state index contributed by atoms with van der Waals surface area (Å²) in [7, 11) is 0. The molecular weight excluding hydrogens is 232 g/mol. The van der Waals surface area contributed by atoms with Crippen molar-refractivity contribution in [2.75, 3.05) is 12.5 Å². The van der Waals surface area contributed by atoms with Crippen LogP contribution in [0, 0.1) is 19.3 Å². The smallest absolute Gasteiger partial charge is 0.0618 e. The van der Waals surface area contributed by atoms with E-state index in [-0.39, 0.29) is 11.5 Å². The minimum Gasteiger partial charge on any atom is -0.378 e. The highest BCUT2D eigenvalue weighted by atomic mass is 35.5. The van der Waals surface area contributed by atoms with Gasteiger partial charge in [0.1, 0.15) is 0 Å². The molecule has 1 saturated heterocycles. The van der Waals surface area contributed by atoms with Crippen molar-refractivity contribution in [3.05, 3.63) is 34.9 Å². The molecule has 1 heterocycles. The Hall–Kier alpha value is -0.530. The number of halogens is 1. The van der Waals surface area contributed by atoms with Gasteiger partial charge in [-0.05, 0) is 44.7 Å². The van der Waals surface area contributed by atoms with E-state index in [2.05, 4.69) is 39.0 Å². The fourth-order valence-corrected chi connectivity index (χ4v) is 3.09. The monoisotopic (exact) mass is 252 g/mol. The summed E-state index contributed by atoms with van der Waals surface area (Å²) in [5, 5.41) is 0. The summed E-state index contributed by atoms with van der Waals surface area (Å²) in [5.74, 6) is 0.682. The van der Waals surface area contributed by atoms with Crippen molar-refractivity contribution in [1.29, 1.82) is 0 Å². The van der Waals surface area contributed by atoms with Crippen molar-refractivity contribution in [3.63, 3.8) is 0 Å². The van der Waals surface area contributed by atoms with Crippen LogP contribution in [0.3, 0.4) is 0 Å². The highest BCUT2D eigenvalue weighted by Gasteiger charge is 2.41. The molecule has 0 aliphatic carbocycles. The van der Waals surface area contributed by atoms with Gasteiger partial charge in [0.15, 0.2) is 0 Å². The Labute approximate surface area is 109 Å². The van der Waals surface area contributed by atoms with Crippen LogP contribution in [0.15, 0.2) is 18.2 Å². The van der Waals surface area contributed by atoms with Gasteiger partial charge in [-0.3, -0.25) is 0 Å². The molecule has 0 N–H and O–H groups in total. The van der Waals surface area contributed by atoms with E-state index in [9.17, 15) is 0 Å². The average molecular weight is 253 g/mol. The van der Waals surface area contributed by atoms with Gasteiger partial charge in [-0.1, -0.05) is 23.8 Å². The van der Waals surface area contributed by atoms with E-state index >= 15 is 0 Å². The molecule has 2 rings (SSSR count). The van der Waals surface area contributed by atoms with E-state index < -0.39 is 0 Å². The normalized spacial score (nSPS) is 28.6. The first-order chi connectivity index (χ1) is 8.07. The highest BCUT2D eigenvalue weighted by Crippen LogP contribution is 2.39.